The standard InChI is InChI=1S/C42H44N4O.Pt/c1-26(2)41-40(39-27(3)13-11-14-28(39)4)29(5)44-46(41)31-15-12-16-32(24-31)47-33-19-20-35-34-17-9-10-18-36(34)45(37(35)25-33)38-23-30(21-22-43-38)42(6,7)8;/h9-10,12-13,15-23,26,28,39H,11,14H2,1-8H3;/q-2;+2/t28-,39?;/m0./s1. The minimum Gasteiger partial charge on any atom is -0.509 e. The average molecular weight is 816 g/mol. The van der Waals surface area contributed by atoms with E-state index in [1.54, 1.807) is 0 Å². The maximum Gasteiger partial charge on any atom is 2.00 e. The molecule has 3 aromatic heterocycles. The van der Waals surface area contributed by atoms with E-state index in [2.05, 4.69) is 131 Å². The van der Waals surface area contributed by atoms with Crippen molar-refractivity contribution in [3.8, 4) is 23.0 Å². The van der Waals surface area contributed by atoms with Gasteiger partial charge in [0, 0.05) is 40.4 Å². The van der Waals surface area contributed by atoms with Gasteiger partial charge in [-0.15, -0.1) is 35.7 Å². The topological polar surface area (TPSA) is 44.9 Å². The van der Waals surface area contributed by atoms with Gasteiger partial charge >= 0.3 is 21.1 Å². The molecule has 0 bridgehead atoms. The molecule has 6 aromatic rings. The van der Waals surface area contributed by atoms with E-state index in [0.29, 0.717) is 29.3 Å². The van der Waals surface area contributed by atoms with Crippen LogP contribution in [0.2, 0.25) is 0 Å². The first kappa shape index (κ1) is 33.9. The minimum absolute atomic E-state index is 0. The molecule has 0 radical (unpaired) electrons. The molecule has 0 amide bonds. The van der Waals surface area contributed by atoms with Crippen molar-refractivity contribution in [3.05, 3.63) is 119 Å². The van der Waals surface area contributed by atoms with Crippen LogP contribution in [0.1, 0.15) is 95.7 Å². The van der Waals surface area contributed by atoms with Crippen LogP contribution in [0.5, 0.6) is 11.5 Å². The van der Waals surface area contributed by atoms with E-state index >= 15 is 0 Å². The van der Waals surface area contributed by atoms with Crippen molar-refractivity contribution in [1.82, 2.24) is 19.3 Å². The predicted octanol–water partition coefficient (Wildman–Crippen LogP) is 10.9. The molecule has 6 heteroatoms. The summed E-state index contributed by atoms with van der Waals surface area (Å²) >= 11 is 0. The molecule has 1 aliphatic rings. The molecule has 248 valence electrons. The Morgan fingerprint density at radius 1 is 0.917 bits per heavy atom. The SMILES string of the molecule is CC1=CCC[C@H](C)C1c1c(C)nn(-c2[c-]c(Oc3[c-]c4c(cc3)c3ccccc3n4-c3cc(C(C)(C)C)ccn3)ccc2)c1C(C)C.[Pt+2]. The third-order valence-electron chi connectivity index (χ3n) is 9.75. The zero-order valence-electron chi connectivity index (χ0n) is 29.2. The Morgan fingerprint density at radius 3 is 2.44 bits per heavy atom. The molecule has 48 heavy (non-hydrogen) atoms. The van der Waals surface area contributed by atoms with Gasteiger partial charge < -0.3 is 9.30 Å². The fourth-order valence-corrected chi connectivity index (χ4v) is 7.43. The van der Waals surface area contributed by atoms with Crippen LogP contribution in [-0.4, -0.2) is 19.3 Å². The van der Waals surface area contributed by atoms with E-state index in [9.17, 15) is 0 Å². The number of nitrogens with zero attached hydrogens (tertiary/aromatic N) is 4. The number of rotatable bonds is 6. The van der Waals surface area contributed by atoms with Gasteiger partial charge in [0.05, 0.1) is 5.69 Å². The van der Waals surface area contributed by atoms with E-state index < -0.39 is 0 Å². The van der Waals surface area contributed by atoms with Gasteiger partial charge in [-0.1, -0.05) is 76.9 Å². The molecule has 0 spiro atoms. The van der Waals surface area contributed by atoms with Crippen LogP contribution >= 0.6 is 0 Å². The van der Waals surface area contributed by atoms with Gasteiger partial charge in [-0.05, 0) is 78.8 Å². The number of hydrogen-bond acceptors (Lipinski definition) is 3. The number of fused-ring (bicyclic) bond motifs is 3. The summed E-state index contributed by atoms with van der Waals surface area (Å²) in [5.74, 6) is 3.39. The van der Waals surface area contributed by atoms with Gasteiger partial charge in [-0.2, -0.15) is 17.2 Å². The minimum atomic E-state index is 0. The zero-order chi connectivity index (χ0) is 33.0. The third kappa shape index (κ3) is 6.07. The van der Waals surface area contributed by atoms with E-state index in [4.69, 9.17) is 14.8 Å². The number of aryl methyl sites for hydroxylation is 1. The molecule has 0 saturated carbocycles. The van der Waals surface area contributed by atoms with Crippen molar-refractivity contribution >= 4 is 21.8 Å². The second-order valence-electron chi connectivity index (χ2n) is 14.5. The molecule has 2 atom stereocenters. The molecule has 0 fully saturated rings. The summed E-state index contributed by atoms with van der Waals surface area (Å²) in [4.78, 5) is 4.81. The quantitative estimate of drug-likeness (QED) is 0.124. The van der Waals surface area contributed by atoms with E-state index in [0.717, 1.165) is 45.4 Å². The van der Waals surface area contributed by atoms with Crippen molar-refractivity contribution in [2.24, 2.45) is 5.92 Å². The fourth-order valence-electron chi connectivity index (χ4n) is 7.43. The molecule has 3 heterocycles. The molecular formula is C42H44N4OPt. The second-order valence-corrected chi connectivity index (χ2v) is 14.5. The molecule has 7 rings (SSSR count). The molecule has 5 nitrogen and oxygen atoms in total. The Hall–Kier alpha value is -3.95. The maximum atomic E-state index is 6.51. The van der Waals surface area contributed by atoms with Gasteiger partial charge in [0.1, 0.15) is 5.82 Å². The monoisotopic (exact) mass is 815 g/mol. The fraction of sp³-hybridized carbons (Fsp3) is 0.333. The van der Waals surface area contributed by atoms with Crippen LogP contribution in [0.25, 0.3) is 33.3 Å². The summed E-state index contributed by atoms with van der Waals surface area (Å²) in [6.45, 7) is 18.0. The summed E-state index contributed by atoms with van der Waals surface area (Å²) < 4.78 is 10.8. The number of allylic oxidation sites excluding steroid dienone is 2. The van der Waals surface area contributed by atoms with Crippen molar-refractivity contribution in [1.29, 1.82) is 0 Å². The Balaban J connectivity index is 0.00000401. The van der Waals surface area contributed by atoms with Gasteiger partial charge in [-0.3, -0.25) is 4.68 Å². The average Bonchev–Trinajstić information content (AvgIpc) is 3.55. The first-order chi connectivity index (χ1) is 22.5. The van der Waals surface area contributed by atoms with Crippen LogP contribution in [0.4, 0.5) is 0 Å². The van der Waals surface area contributed by atoms with Crippen LogP contribution in [0, 0.1) is 25.0 Å². The number of para-hydroxylation sites is 1. The Bertz CT molecular complexity index is 2140. The molecule has 0 N–H and O–H groups in total. The van der Waals surface area contributed by atoms with Gasteiger partial charge in [0.2, 0.25) is 0 Å². The summed E-state index contributed by atoms with van der Waals surface area (Å²) in [5, 5.41) is 7.38. The smallest absolute Gasteiger partial charge is 0.509 e. The number of pyridine rings is 1. The summed E-state index contributed by atoms with van der Waals surface area (Å²) in [6, 6.07) is 30.0. The van der Waals surface area contributed by atoms with Crippen LogP contribution in [0.15, 0.2) is 84.6 Å². The summed E-state index contributed by atoms with van der Waals surface area (Å²) in [5.41, 5.74) is 9.31. The van der Waals surface area contributed by atoms with Crippen molar-refractivity contribution in [3.63, 3.8) is 0 Å². The van der Waals surface area contributed by atoms with Crippen LogP contribution in [-0.2, 0) is 26.5 Å². The first-order valence-electron chi connectivity index (χ1n) is 16.9. The molecule has 0 aliphatic heterocycles. The zero-order valence-corrected chi connectivity index (χ0v) is 31.4. The Kier molecular flexibility index (Phi) is 9.30. The largest absolute Gasteiger partial charge is 2.00 e. The third-order valence-corrected chi connectivity index (χ3v) is 9.75. The molecule has 1 aliphatic carbocycles. The van der Waals surface area contributed by atoms with Crippen molar-refractivity contribution in [2.45, 2.75) is 85.5 Å². The number of hydrogen-bond donors (Lipinski definition) is 0. The van der Waals surface area contributed by atoms with Crippen LogP contribution in [0.3, 0.4) is 0 Å². The summed E-state index contributed by atoms with van der Waals surface area (Å²) in [6.07, 6.45) is 6.68. The van der Waals surface area contributed by atoms with E-state index in [1.807, 2.05) is 24.4 Å². The Morgan fingerprint density at radius 2 is 1.69 bits per heavy atom. The summed E-state index contributed by atoms with van der Waals surface area (Å²) in [7, 11) is 0. The first-order valence-corrected chi connectivity index (χ1v) is 16.9. The molecule has 1 unspecified atom stereocenters. The molecule has 3 aromatic carbocycles. The predicted molar refractivity (Wildman–Crippen MR) is 192 cm³/mol. The van der Waals surface area contributed by atoms with Crippen molar-refractivity contribution in [2.75, 3.05) is 0 Å². The molecular weight excluding hydrogens is 772 g/mol. The van der Waals surface area contributed by atoms with Gasteiger partial charge in [0.15, 0.2) is 0 Å². The maximum absolute atomic E-state index is 6.51. The van der Waals surface area contributed by atoms with Crippen molar-refractivity contribution < 1.29 is 25.8 Å². The molecule has 0 saturated heterocycles. The number of aromatic nitrogens is 4. The second kappa shape index (κ2) is 13.2. The van der Waals surface area contributed by atoms with E-state index in [-0.39, 0.29) is 26.5 Å². The number of ether oxygens (including phenoxy) is 1. The van der Waals surface area contributed by atoms with Crippen LogP contribution < -0.4 is 4.74 Å². The Labute approximate surface area is 299 Å². The van der Waals surface area contributed by atoms with Gasteiger partial charge in [0.25, 0.3) is 0 Å². The van der Waals surface area contributed by atoms with E-state index in [1.165, 1.54) is 28.8 Å². The normalized spacial score (nSPS) is 16.7. The van der Waals surface area contributed by atoms with Gasteiger partial charge in [-0.25, -0.2) is 4.98 Å². The number of benzene rings is 3.